The predicted molar refractivity (Wildman–Crippen MR) is 97.2 cm³/mol. The molecule has 0 spiro atoms. The number of fused-ring (bicyclic) bond motifs is 3. The van der Waals surface area contributed by atoms with E-state index in [-0.39, 0.29) is 0 Å². The SMILES string of the molecule is Cc1sc2ncn3nc([C@H]4C[C@H]4c4ccc(Cl)cc4)nc3c2c1C. The first-order valence-corrected chi connectivity index (χ1v) is 9.17. The molecule has 0 unspecified atom stereocenters. The molecule has 0 N–H and O–H groups in total. The van der Waals surface area contributed by atoms with E-state index >= 15 is 0 Å². The van der Waals surface area contributed by atoms with Crippen molar-refractivity contribution in [2.45, 2.75) is 32.1 Å². The van der Waals surface area contributed by atoms with Crippen LogP contribution >= 0.6 is 22.9 Å². The highest BCUT2D eigenvalue weighted by atomic mass is 35.5. The number of nitrogens with zero attached hydrogens (tertiary/aromatic N) is 4. The van der Waals surface area contributed by atoms with Gasteiger partial charge in [0.1, 0.15) is 11.2 Å². The topological polar surface area (TPSA) is 43.1 Å². The average Bonchev–Trinajstić information content (AvgIpc) is 3.16. The van der Waals surface area contributed by atoms with Gasteiger partial charge in [-0.15, -0.1) is 16.4 Å². The Labute approximate surface area is 148 Å². The summed E-state index contributed by atoms with van der Waals surface area (Å²) in [5.41, 5.74) is 3.50. The lowest BCUT2D eigenvalue weighted by Crippen LogP contribution is -1.91. The average molecular weight is 355 g/mol. The number of hydrogen-bond acceptors (Lipinski definition) is 4. The predicted octanol–water partition coefficient (Wildman–Crippen LogP) is 4.88. The molecule has 0 bridgehead atoms. The molecular weight excluding hydrogens is 340 g/mol. The molecular formula is C18H15ClN4S. The fourth-order valence-electron chi connectivity index (χ4n) is 3.38. The van der Waals surface area contributed by atoms with Crippen molar-refractivity contribution in [3.63, 3.8) is 0 Å². The molecule has 3 heterocycles. The van der Waals surface area contributed by atoms with Crippen LogP contribution < -0.4 is 0 Å². The number of aryl methyl sites for hydroxylation is 2. The lowest BCUT2D eigenvalue weighted by atomic mass is 10.1. The maximum absolute atomic E-state index is 5.98. The molecule has 1 saturated carbocycles. The molecule has 0 saturated heterocycles. The van der Waals surface area contributed by atoms with Gasteiger partial charge in [0.15, 0.2) is 11.5 Å². The molecule has 0 radical (unpaired) electrons. The van der Waals surface area contributed by atoms with Crippen molar-refractivity contribution in [1.29, 1.82) is 0 Å². The first kappa shape index (κ1) is 14.4. The van der Waals surface area contributed by atoms with Gasteiger partial charge < -0.3 is 0 Å². The summed E-state index contributed by atoms with van der Waals surface area (Å²) in [6.45, 7) is 4.27. The van der Waals surface area contributed by atoms with Gasteiger partial charge >= 0.3 is 0 Å². The van der Waals surface area contributed by atoms with Crippen LogP contribution in [0.3, 0.4) is 0 Å². The van der Waals surface area contributed by atoms with Crippen molar-refractivity contribution in [2.24, 2.45) is 0 Å². The maximum Gasteiger partial charge on any atom is 0.167 e. The van der Waals surface area contributed by atoms with Gasteiger partial charge in [-0.05, 0) is 49.4 Å². The van der Waals surface area contributed by atoms with Gasteiger partial charge in [0.25, 0.3) is 0 Å². The summed E-state index contributed by atoms with van der Waals surface area (Å²) in [6.07, 6.45) is 2.87. The van der Waals surface area contributed by atoms with Crippen molar-refractivity contribution in [3.8, 4) is 0 Å². The highest BCUT2D eigenvalue weighted by Gasteiger charge is 2.42. The second-order valence-electron chi connectivity index (χ2n) is 6.45. The Morgan fingerprint density at radius 1 is 1.17 bits per heavy atom. The summed E-state index contributed by atoms with van der Waals surface area (Å²) in [5.74, 6) is 1.81. The van der Waals surface area contributed by atoms with Crippen LogP contribution in [0.25, 0.3) is 15.9 Å². The molecule has 4 aromatic rings. The molecule has 1 aliphatic carbocycles. The number of halogens is 1. The third-order valence-electron chi connectivity index (χ3n) is 4.94. The number of aromatic nitrogens is 4. The maximum atomic E-state index is 5.98. The molecule has 2 atom stereocenters. The van der Waals surface area contributed by atoms with E-state index in [0.29, 0.717) is 11.8 Å². The van der Waals surface area contributed by atoms with Crippen LogP contribution in [0.4, 0.5) is 0 Å². The fourth-order valence-corrected chi connectivity index (χ4v) is 4.49. The van der Waals surface area contributed by atoms with Crippen molar-refractivity contribution in [2.75, 3.05) is 0 Å². The molecule has 1 aliphatic rings. The lowest BCUT2D eigenvalue weighted by molar-refractivity contribution is 0.850. The van der Waals surface area contributed by atoms with Gasteiger partial charge in [0.05, 0.1) is 5.39 Å². The summed E-state index contributed by atoms with van der Waals surface area (Å²) in [4.78, 5) is 11.7. The van der Waals surface area contributed by atoms with Gasteiger partial charge in [-0.3, -0.25) is 0 Å². The van der Waals surface area contributed by atoms with Crippen molar-refractivity contribution in [3.05, 3.63) is 57.4 Å². The van der Waals surface area contributed by atoms with Crippen molar-refractivity contribution in [1.82, 2.24) is 19.6 Å². The van der Waals surface area contributed by atoms with Crippen LogP contribution in [-0.4, -0.2) is 19.6 Å². The summed E-state index contributed by atoms with van der Waals surface area (Å²) in [5, 5.41) is 6.61. The lowest BCUT2D eigenvalue weighted by Gasteiger charge is -1.98. The molecule has 1 aromatic carbocycles. The summed E-state index contributed by atoms with van der Waals surface area (Å²) < 4.78 is 1.83. The molecule has 1 fully saturated rings. The zero-order valence-corrected chi connectivity index (χ0v) is 14.9. The smallest absolute Gasteiger partial charge is 0.167 e. The Morgan fingerprint density at radius 2 is 1.96 bits per heavy atom. The minimum absolute atomic E-state index is 0.390. The number of hydrogen-bond donors (Lipinski definition) is 0. The van der Waals surface area contributed by atoms with Gasteiger partial charge in [0.2, 0.25) is 0 Å². The Bertz CT molecular complexity index is 1080. The minimum Gasteiger partial charge on any atom is -0.225 e. The Hall–Kier alpha value is -1.98. The Morgan fingerprint density at radius 3 is 2.75 bits per heavy atom. The second kappa shape index (κ2) is 5.01. The van der Waals surface area contributed by atoms with Crippen LogP contribution in [0.1, 0.15) is 40.1 Å². The third-order valence-corrected chi connectivity index (χ3v) is 6.31. The normalized spacial score (nSPS) is 20.1. The van der Waals surface area contributed by atoms with Crippen LogP contribution in [-0.2, 0) is 0 Å². The molecule has 3 aromatic heterocycles. The highest BCUT2D eigenvalue weighted by molar-refractivity contribution is 7.18. The van der Waals surface area contributed by atoms with E-state index in [1.807, 2.05) is 16.6 Å². The molecule has 0 amide bonds. The molecule has 120 valence electrons. The zero-order valence-electron chi connectivity index (χ0n) is 13.3. The first-order chi connectivity index (χ1) is 11.6. The van der Waals surface area contributed by atoms with Crippen molar-refractivity contribution < 1.29 is 0 Å². The summed E-state index contributed by atoms with van der Waals surface area (Å²) in [6, 6.07) is 8.12. The highest BCUT2D eigenvalue weighted by Crippen LogP contribution is 2.53. The molecule has 4 nitrogen and oxygen atoms in total. The van der Waals surface area contributed by atoms with Crippen LogP contribution in [0.15, 0.2) is 30.6 Å². The molecule has 0 aliphatic heterocycles. The number of rotatable bonds is 2. The van der Waals surface area contributed by atoms with Gasteiger partial charge in [-0.1, -0.05) is 23.7 Å². The van der Waals surface area contributed by atoms with E-state index in [1.54, 1.807) is 17.7 Å². The van der Waals surface area contributed by atoms with Crippen LogP contribution in [0.2, 0.25) is 5.02 Å². The fraction of sp³-hybridized carbons (Fsp3) is 0.278. The van der Waals surface area contributed by atoms with E-state index in [9.17, 15) is 0 Å². The van der Waals surface area contributed by atoms with Gasteiger partial charge in [-0.25, -0.2) is 14.5 Å². The minimum atomic E-state index is 0.390. The zero-order chi connectivity index (χ0) is 16.4. The van der Waals surface area contributed by atoms with E-state index < -0.39 is 0 Å². The monoisotopic (exact) mass is 354 g/mol. The van der Waals surface area contributed by atoms with Gasteiger partial charge in [-0.2, -0.15) is 0 Å². The summed E-state index contributed by atoms with van der Waals surface area (Å²) >= 11 is 7.70. The number of benzene rings is 1. The first-order valence-electron chi connectivity index (χ1n) is 7.98. The van der Waals surface area contributed by atoms with E-state index in [4.69, 9.17) is 21.7 Å². The van der Waals surface area contributed by atoms with Crippen molar-refractivity contribution >= 4 is 38.8 Å². The standard InChI is InChI=1S/C18H15ClN4S/c1-9-10(2)24-18-15(9)17-21-16(22-23(17)8-20-18)14-7-13(14)11-3-5-12(19)6-4-11/h3-6,8,13-14H,7H2,1-2H3/t13-,14-/m0/s1. The van der Waals surface area contributed by atoms with Crippen LogP contribution in [0, 0.1) is 13.8 Å². The largest absolute Gasteiger partial charge is 0.225 e. The Kier molecular flexibility index (Phi) is 3.00. The third kappa shape index (κ3) is 2.08. The van der Waals surface area contributed by atoms with E-state index in [2.05, 4.69) is 31.0 Å². The molecule has 5 rings (SSSR count). The van der Waals surface area contributed by atoms with Crippen LogP contribution in [0.5, 0.6) is 0 Å². The summed E-state index contributed by atoms with van der Waals surface area (Å²) in [7, 11) is 0. The molecule has 24 heavy (non-hydrogen) atoms. The van der Waals surface area contributed by atoms with Gasteiger partial charge in [0, 0.05) is 15.8 Å². The molecule has 6 heteroatoms. The van der Waals surface area contributed by atoms with E-state index in [0.717, 1.165) is 33.1 Å². The second-order valence-corrected chi connectivity index (χ2v) is 8.09. The van der Waals surface area contributed by atoms with E-state index in [1.165, 1.54) is 16.0 Å². The Balaban J connectivity index is 1.57. The number of thiophene rings is 1. The quantitative estimate of drug-likeness (QED) is 0.515.